The standard InChI is InChI=1S/C21H26O4/c1-5-6-16(22)20-17(23)9-14(10-18(20)24)19-11(2)12(3)21-15(13(19)4)7-8-25-21/h14,22H,5-10H2,1-4H3. The normalized spacial score (nSPS) is 19.8. The highest BCUT2D eigenvalue weighted by atomic mass is 16.5. The molecule has 1 aliphatic carbocycles. The van der Waals surface area contributed by atoms with Crippen molar-refractivity contribution in [3.8, 4) is 5.75 Å². The number of ketones is 2. The number of fused-ring (bicyclic) bond motifs is 1. The van der Waals surface area contributed by atoms with E-state index in [0.717, 1.165) is 34.4 Å². The van der Waals surface area contributed by atoms with Gasteiger partial charge in [0.2, 0.25) is 0 Å². The fraction of sp³-hybridized carbons (Fsp3) is 0.524. The Morgan fingerprint density at radius 2 is 1.72 bits per heavy atom. The van der Waals surface area contributed by atoms with E-state index in [1.807, 2.05) is 13.8 Å². The third-order valence-electron chi connectivity index (χ3n) is 5.64. The predicted octanol–water partition coefficient (Wildman–Crippen LogP) is 4.17. The molecule has 134 valence electrons. The van der Waals surface area contributed by atoms with E-state index in [2.05, 4.69) is 13.8 Å². The van der Waals surface area contributed by atoms with Gasteiger partial charge >= 0.3 is 0 Å². The summed E-state index contributed by atoms with van der Waals surface area (Å²) < 4.78 is 5.78. The van der Waals surface area contributed by atoms with E-state index in [9.17, 15) is 14.7 Å². The molecule has 0 atom stereocenters. The Labute approximate surface area is 148 Å². The summed E-state index contributed by atoms with van der Waals surface area (Å²) >= 11 is 0. The number of benzene rings is 1. The number of aliphatic hydroxyl groups is 1. The Morgan fingerprint density at radius 1 is 1.08 bits per heavy atom. The fourth-order valence-electron chi connectivity index (χ4n) is 4.34. The molecule has 1 aromatic carbocycles. The van der Waals surface area contributed by atoms with E-state index in [1.165, 1.54) is 5.56 Å². The molecule has 4 nitrogen and oxygen atoms in total. The van der Waals surface area contributed by atoms with Crippen LogP contribution in [0.15, 0.2) is 11.3 Å². The van der Waals surface area contributed by atoms with Crippen LogP contribution in [0.25, 0.3) is 0 Å². The van der Waals surface area contributed by atoms with Gasteiger partial charge in [0.05, 0.1) is 12.2 Å². The molecule has 0 bridgehead atoms. The zero-order chi connectivity index (χ0) is 18.3. The van der Waals surface area contributed by atoms with Gasteiger partial charge in [-0.25, -0.2) is 0 Å². The van der Waals surface area contributed by atoms with Crippen molar-refractivity contribution < 1.29 is 19.4 Å². The summed E-state index contributed by atoms with van der Waals surface area (Å²) in [7, 11) is 0. The largest absolute Gasteiger partial charge is 0.511 e. The lowest BCUT2D eigenvalue weighted by atomic mass is 9.75. The first-order chi connectivity index (χ1) is 11.9. The number of hydrogen-bond acceptors (Lipinski definition) is 4. The molecule has 0 spiro atoms. The minimum absolute atomic E-state index is 0.0367. The number of ether oxygens (including phenoxy) is 1. The molecule has 0 amide bonds. The van der Waals surface area contributed by atoms with Crippen LogP contribution in [0.1, 0.15) is 66.3 Å². The number of carbonyl (C=O) groups is 2. The smallest absolute Gasteiger partial charge is 0.170 e. The highest BCUT2D eigenvalue weighted by molar-refractivity contribution is 6.22. The van der Waals surface area contributed by atoms with Gasteiger partial charge < -0.3 is 9.84 Å². The van der Waals surface area contributed by atoms with E-state index >= 15 is 0 Å². The molecule has 25 heavy (non-hydrogen) atoms. The van der Waals surface area contributed by atoms with Gasteiger partial charge in [-0.1, -0.05) is 6.92 Å². The van der Waals surface area contributed by atoms with Crippen LogP contribution in [-0.2, 0) is 16.0 Å². The summed E-state index contributed by atoms with van der Waals surface area (Å²) in [5, 5.41) is 10.1. The van der Waals surface area contributed by atoms with Crippen molar-refractivity contribution in [2.75, 3.05) is 6.61 Å². The van der Waals surface area contributed by atoms with Crippen LogP contribution < -0.4 is 4.74 Å². The van der Waals surface area contributed by atoms with Gasteiger partial charge in [0.25, 0.3) is 0 Å². The maximum Gasteiger partial charge on any atom is 0.170 e. The van der Waals surface area contributed by atoms with Crippen molar-refractivity contribution in [2.45, 2.75) is 65.7 Å². The van der Waals surface area contributed by atoms with Crippen molar-refractivity contribution >= 4 is 11.6 Å². The Morgan fingerprint density at radius 3 is 2.32 bits per heavy atom. The van der Waals surface area contributed by atoms with Gasteiger partial charge in [-0.3, -0.25) is 9.59 Å². The second kappa shape index (κ2) is 6.66. The van der Waals surface area contributed by atoms with Crippen LogP contribution in [0.5, 0.6) is 5.75 Å². The molecule has 1 fully saturated rings. The monoisotopic (exact) mass is 342 g/mol. The van der Waals surface area contributed by atoms with Crippen molar-refractivity contribution in [1.29, 1.82) is 0 Å². The Bertz CT molecular complexity index is 766. The summed E-state index contributed by atoms with van der Waals surface area (Å²) in [4.78, 5) is 25.2. The van der Waals surface area contributed by atoms with Crippen LogP contribution in [0.4, 0.5) is 0 Å². The van der Waals surface area contributed by atoms with Gasteiger partial charge in [-0.15, -0.1) is 0 Å². The van der Waals surface area contributed by atoms with Crippen LogP contribution in [0, 0.1) is 20.8 Å². The molecule has 1 heterocycles. The quantitative estimate of drug-likeness (QED) is 0.508. The summed E-state index contributed by atoms with van der Waals surface area (Å²) in [6, 6.07) is 0. The molecule has 0 aromatic heterocycles. The maximum absolute atomic E-state index is 12.6. The van der Waals surface area contributed by atoms with Gasteiger partial charge in [-0.2, -0.15) is 0 Å². The van der Waals surface area contributed by atoms with Crippen LogP contribution in [0.3, 0.4) is 0 Å². The molecule has 2 aliphatic rings. The molecule has 1 aliphatic heterocycles. The molecular weight excluding hydrogens is 316 g/mol. The van der Waals surface area contributed by atoms with Gasteiger partial charge in [0, 0.05) is 31.2 Å². The molecule has 3 rings (SSSR count). The van der Waals surface area contributed by atoms with Gasteiger partial charge in [0.15, 0.2) is 11.6 Å². The molecule has 0 unspecified atom stereocenters. The lowest BCUT2D eigenvalue weighted by Gasteiger charge is -2.28. The first-order valence-corrected chi connectivity index (χ1v) is 9.10. The van der Waals surface area contributed by atoms with Gasteiger partial charge in [-0.05, 0) is 55.4 Å². The van der Waals surface area contributed by atoms with E-state index < -0.39 is 0 Å². The second-order valence-corrected chi connectivity index (χ2v) is 7.22. The van der Waals surface area contributed by atoms with E-state index in [-0.39, 0.29) is 41.7 Å². The Balaban J connectivity index is 2.01. The van der Waals surface area contributed by atoms with E-state index in [1.54, 1.807) is 0 Å². The molecule has 0 radical (unpaired) electrons. The molecule has 1 aromatic rings. The lowest BCUT2D eigenvalue weighted by Crippen LogP contribution is -2.27. The molecule has 1 saturated carbocycles. The molecule has 4 heteroatoms. The summed E-state index contributed by atoms with van der Waals surface area (Å²) in [6.07, 6.45) is 2.55. The van der Waals surface area contributed by atoms with Crippen molar-refractivity contribution in [2.24, 2.45) is 0 Å². The first kappa shape index (κ1) is 17.7. The molecule has 1 N–H and O–H groups in total. The summed E-state index contributed by atoms with van der Waals surface area (Å²) in [5.41, 5.74) is 5.77. The van der Waals surface area contributed by atoms with Crippen LogP contribution in [0.2, 0.25) is 0 Å². The van der Waals surface area contributed by atoms with Crippen molar-refractivity contribution in [1.82, 2.24) is 0 Å². The lowest BCUT2D eigenvalue weighted by molar-refractivity contribution is -0.124. The number of rotatable bonds is 3. The fourth-order valence-corrected chi connectivity index (χ4v) is 4.34. The highest BCUT2D eigenvalue weighted by Crippen LogP contribution is 2.43. The van der Waals surface area contributed by atoms with E-state index in [4.69, 9.17) is 4.74 Å². The van der Waals surface area contributed by atoms with Crippen LogP contribution in [-0.4, -0.2) is 23.3 Å². The zero-order valence-corrected chi connectivity index (χ0v) is 15.5. The topological polar surface area (TPSA) is 63.6 Å². The molecule has 0 saturated heterocycles. The highest BCUT2D eigenvalue weighted by Gasteiger charge is 2.36. The third kappa shape index (κ3) is 2.88. The van der Waals surface area contributed by atoms with Crippen molar-refractivity contribution in [3.05, 3.63) is 39.1 Å². The first-order valence-electron chi connectivity index (χ1n) is 9.10. The second-order valence-electron chi connectivity index (χ2n) is 7.22. The average Bonchev–Trinajstić information content (AvgIpc) is 3.02. The maximum atomic E-state index is 12.6. The number of allylic oxidation sites excluding steroid dienone is 2. The Kier molecular flexibility index (Phi) is 4.72. The molecular formula is C21H26O4. The predicted molar refractivity (Wildman–Crippen MR) is 96.4 cm³/mol. The summed E-state index contributed by atoms with van der Waals surface area (Å²) in [5.74, 6) is 0.389. The number of carbonyl (C=O) groups excluding carboxylic acids is 2. The minimum Gasteiger partial charge on any atom is -0.511 e. The van der Waals surface area contributed by atoms with Gasteiger partial charge in [0.1, 0.15) is 11.5 Å². The number of hydrogen-bond donors (Lipinski definition) is 1. The summed E-state index contributed by atoms with van der Waals surface area (Å²) in [6.45, 7) is 8.78. The number of Topliss-reactive ketones (excluding diaryl/α,β-unsaturated/α-hetero) is 2. The SMILES string of the molecule is CCCC(O)=C1C(=O)CC(c2c(C)c(C)c3c(c2C)CCO3)CC1=O. The van der Waals surface area contributed by atoms with Crippen molar-refractivity contribution in [3.63, 3.8) is 0 Å². The number of aliphatic hydroxyl groups excluding tert-OH is 1. The zero-order valence-electron chi connectivity index (χ0n) is 15.5. The van der Waals surface area contributed by atoms with E-state index in [0.29, 0.717) is 19.4 Å². The van der Waals surface area contributed by atoms with Crippen LogP contribution >= 0.6 is 0 Å². The Hall–Kier alpha value is -2.10. The minimum atomic E-state index is -0.222. The third-order valence-corrected chi connectivity index (χ3v) is 5.64. The average molecular weight is 342 g/mol.